The maximum atomic E-state index is 12.0. The number of nitro groups is 1. The molecule has 0 fully saturated rings. The number of aromatic nitrogens is 2. The zero-order valence-electron chi connectivity index (χ0n) is 12.0. The van der Waals surface area contributed by atoms with Gasteiger partial charge in [0.1, 0.15) is 24.2 Å². The SMILES string of the molecule is COc1ccc(OC)c(NC(=O)Cn2cnc([N+](=O)[O-])c2)c1. The fraction of sp³-hybridized carbons (Fsp3) is 0.231. The van der Waals surface area contributed by atoms with E-state index in [-0.39, 0.29) is 18.3 Å². The molecule has 0 radical (unpaired) electrons. The number of carbonyl (C=O) groups excluding carboxylic acids is 1. The average Bonchev–Trinajstić information content (AvgIpc) is 2.95. The Morgan fingerprint density at radius 1 is 1.41 bits per heavy atom. The third-order valence-corrected chi connectivity index (χ3v) is 2.81. The van der Waals surface area contributed by atoms with E-state index in [0.29, 0.717) is 17.2 Å². The van der Waals surface area contributed by atoms with E-state index in [0.717, 1.165) is 0 Å². The first-order valence-corrected chi connectivity index (χ1v) is 6.21. The molecule has 2 rings (SSSR count). The third kappa shape index (κ3) is 3.51. The molecule has 0 atom stereocenters. The summed E-state index contributed by atoms with van der Waals surface area (Å²) in [5.74, 6) is 0.353. The van der Waals surface area contributed by atoms with Crippen molar-refractivity contribution in [1.29, 1.82) is 0 Å². The van der Waals surface area contributed by atoms with Crippen LogP contribution in [-0.4, -0.2) is 34.6 Å². The number of nitrogens with zero attached hydrogens (tertiary/aromatic N) is 3. The monoisotopic (exact) mass is 306 g/mol. The van der Waals surface area contributed by atoms with Gasteiger partial charge in [0.05, 0.1) is 19.9 Å². The Balaban J connectivity index is 2.09. The minimum Gasteiger partial charge on any atom is -0.497 e. The molecule has 0 spiro atoms. The molecule has 1 heterocycles. The van der Waals surface area contributed by atoms with Crippen LogP contribution in [0.4, 0.5) is 11.5 Å². The maximum absolute atomic E-state index is 12.0. The highest BCUT2D eigenvalue weighted by molar-refractivity contribution is 5.92. The number of hydrogen-bond donors (Lipinski definition) is 1. The molecule has 9 nitrogen and oxygen atoms in total. The number of anilines is 1. The first-order chi connectivity index (χ1) is 10.5. The second-order valence-corrected chi connectivity index (χ2v) is 4.28. The number of ether oxygens (including phenoxy) is 2. The van der Waals surface area contributed by atoms with Crippen molar-refractivity contribution < 1.29 is 19.2 Å². The molecule has 0 aliphatic carbocycles. The van der Waals surface area contributed by atoms with E-state index in [1.165, 1.54) is 31.3 Å². The molecule has 1 aromatic carbocycles. The fourth-order valence-corrected chi connectivity index (χ4v) is 1.80. The minimum absolute atomic E-state index is 0.110. The largest absolute Gasteiger partial charge is 0.497 e. The molecule has 0 saturated carbocycles. The summed E-state index contributed by atoms with van der Waals surface area (Å²) in [6, 6.07) is 4.98. The van der Waals surface area contributed by atoms with Crippen molar-refractivity contribution in [3.63, 3.8) is 0 Å². The molecule has 22 heavy (non-hydrogen) atoms. The summed E-state index contributed by atoms with van der Waals surface area (Å²) in [5.41, 5.74) is 0.446. The van der Waals surface area contributed by atoms with Crippen molar-refractivity contribution in [3.8, 4) is 11.5 Å². The lowest BCUT2D eigenvalue weighted by atomic mass is 10.2. The van der Waals surface area contributed by atoms with Gasteiger partial charge in [-0.2, -0.15) is 0 Å². The predicted molar refractivity (Wildman–Crippen MR) is 77.1 cm³/mol. The highest BCUT2D eigenvalue weighted by Crippen LogP contribution is 2.28. The van der Waals surface area contributed by atoms with E-state index in [1.54, 1.807) is 18.2 Å². The van der Waals surface area contributed by atoms with Crippen LogP contribution >= 0.6 is 0 Å². The van der Waals surface area contributed by atoms with Crippen molar-refractivity contribution in [2.45, 2.75) is 6.54 Å². The Morgan fingerprint density at radius 3 is 2.77 bits per heavy atom. The summed E-state index contributed by atoms with van der Waals surface area (Å²) in [5, 5.41) is 13.2. The molecule has 0 bridgehead atoms. The smallest absolute Gasteiger partial charge is 0.381 e. The van der Waals surface area contributed by atoms with Crippen LogP contribution in [0.3, 0.4) is 0 Å². The lowest BCUT2D eigenvalue weighted by molar-refractivity contribution is -0.389. The predicted octanol–water partition coefficient (Wildman–Crippen LogP) is 1.45. The van der Waals surface area contributed by atoms with Crippen LogP contribution in [0.25, 0.3) is 0 Å². The van der Waals surface area contributed by atoms with Crippen molar-refractivity contribution in [3.05, 3.63) is 40.8 Å². The molecule has 116 valence electrons. The van der Waals surface area contributed by atoms with Crippen LogP contribution in [0, 0.1) is 10.1 Å². The van der Waals surface area contributed by atoms with Crippen molar-refractivity contribution in [2.24, 2.45) is 0 Å². The zero-order valence-corrected chi connectivity index (χ0v) is 12.0. The summed E-state index contributed by atoms with van der Waals surface area (Å²) in [6.45, 7) is -0.110. The average molecular weight is 306 g/mol. The summed E-state index contributed by atoms with van der Waals surface area (Å²) in [6.07, 6.45) is 2.41. The van der Waals surface area contributed by atoms with Gasteiger partial charge in [-0.05, 0) is 22.0 Å². The first-order valence-electron chi connectivity index (χ1n) is 6.21. The van der Waals surface area contributed by atoms with E-state index in [1.807, 2.05) is 0 Å². The molecule has 0 saturated heterocycles. The highest BCUT2D eigenvalue weighted by Gasteiger charge is 2.13. The number of amides is 1. The van der Waals surface area contributed by atoms with Crippen LogP contribution in [0.5, 0.6) is 11.5 Å². The Bertz CT molecular complexity index is 697. The van der Waals surface area contributed by atoms with Gasteiger partial charge in [0.2, 0.25) is 12.2 Å². The van der Waals surface area contributed by atoms with Gasteiger partial charge in [-0.3, -0.25) is 4.79 Å². The number of rotatable bonds is 6. The molecule has 9 heteroatoms. The molecule has 1 amide bonds. The summed E-state index contributed by atoms with van der Waals surface area (Å²) in [4.78, 5) is 25.5. The molecule has 0 aliphatic heterocycles. The second kappa shape index (κ2) is 6.57. The molecular weight excluding hydrogens is 292 g/mol. The van der Waals surface area contributed by atoms with Crippen molar-refractivity contribution in [1.82, 2.24) is 9.55 Å². The minimum atomic E-state index is -0.626. The molecule has 0 aliphatic rings. The highest BCUT2D eigenvalue weighted by atomic mass is 16.6. The van der Waals surface area contributed by atoms with Crippen LogP contribution in [-0.2, 0) is 11.3 Å². The molecule has 1 aromatic heterocycles. The first kappa shape index (κ1) is 15.3. The fourth-order valence-electron chi connectivity index (χ4n) is 1.80. The Hall–Kier alpha value is -3.10. The summed E-state index contributed by atoms with van der Waals surface area (Å²) >= 11 is 0. The van der Waals surface area contributed by atoms with Crippen LogP contribution in [0.15, 0.2) is 30.7 Å². The Kier molecular flexibility index (Phi) is 4.57. The topological polar surface area (TPSA) is 109 Å². The van der Waals surface area contributed by atoms with E-state index in [9.17, 15) is 14.9 Å². The van der Waals surface area contributed by atoms with E-state index in [4.69, 9.17) is 9.47 Å². The second-order valence-electron chi connectivity index (χ2n) is 4.28. The lowest BCUT2D eigenvalue weighted by Gasteiger charge is -2.11. The number of hydrogen-bond acceptors (Lipinski definition) is 6. The van der Waals surface area contributed by atoms with Crippen LogP contribution in [0.2, 0.25) is 0 Å². The molecule has 0 unspecified atom stereocenters. The molecular formula is C13H14N4O5. The van der Waals surface area contributed by atoms with Crippen molar-refractivity contribution in [2.75, 3.05) is 19.5 Å². The van der Waals surface area contributed by atoms with E-state index < -0.39 is 4.92 Å². The lowest BCUT2D eigenvalue weighted by Crippen LogP contribution is -2.18. The van der Waals surface area contributed by atoms with Crippen molar-refractivity contribution >= 4 is 17.4 Å². The van der Waals surface area contributed by atoms with Gasteiger partial charge in [0, 0.05) is 6.07 Å². The van der Waals surface area contributed by atoms with Crippen LogP contribution < -0.4 is 14.8 Å². The number of nitrogens with one attached hydrogen (secondary N) is 1. The quantitative estimate of drug-likeness (QED) is 0.639. The third-order valence-electron chi connectivity index (χ3n) is 2.81. The standard InChI is InChI=1S/C13H14N4O5/c1-21-9-3-4-11(22-2)10(5-9)15-13(18)7-16-6-12(14-8-16)17(19)20/h3-6,8H,7H2,1-2H3,(H,15,18). The number of imidazole rings is 1. The molecule has 1 N–H and O–H groups in total. The van der Waals surface area contributed by atoms with Gasteiger partial charge in [0.25, 0.3) is 0 Å². The Morgan fingerprint density at radius 2 is 2.18 bits per heavy atom. The van der Waals surface area contributed by atoms with Gasteiger partial charge in [-0.1, -0.05) is 0 Å². The normalized spacial score (nSPS) is 10.1. The van der Waals surface area contributed by atoms with Gasteiger partial charge < -0.3 is 29.5 Å². The van der Waals surface area contributed by atoms with Gasteiger partial charge in [-0.15, -0.1) is 0 Å². The van der Waals surface area contributed by atoms with E-state index in [2.05, 4.69) is 10.3 Å². The van der Waals surface area contributed by atoms with Gasteiger partial charge >= 0.3 is 5.82 Å². The summed E-state index contributed by atoms with van der Waals surface area (Å²) in [7, 11) is 2.99. The maximum Gasteiger partial charge on any atom is 0.381 e. The van der Waals surface area contributed by atoms with E-state index >= 15 is 0 Å². The number of benzene rings is 1. The van der Waals surface area contributed by atoms with Crippen LogP contribution in [0.1, 0.15) is 0 Å². The number of methoxy groups -OCH3 is 2. The summed E-state index contributed by atoms with van der Waals surface area (Å²) < 4.78 is 11.6. The van der Waals surface area contributed by atoms with Gasteiger partial charge in [0.15, 0.2) is 0 Å². The van der Waals surface area contributed by atoms with Gasteiger partial charge in [-0.25, -0.2) is 0 Å². The number of carbonyl (C=O) groups is 1. The Labute approximate surface area is 125 Å². The zero-order chi connectivity index (χ0) is 16.1. The molecule has 2 aromatic rings.